The molecule has 0 spiro atoms. The van der Waals surface area contributed by atoms with Crippen molar-refractivity contribution in [3.8, 4) is 0 Å². The molecule has 0 saturated carbocycles. The van der Waals surface area contributed by atoms with Gasteiger partial charge in [-0.2, -0.15) is 0 Å². The van der Waals surface area contributed by atoms with Gasteiger partial charge in [0.15, 0.2) is 0 Å². The molecule has 1 aromatic carbocycles. The molecular formula is C18H24N2O6. The number of carbonyl (C=O) groups is 3. The summed E-state index contributed by atoms with van der Waals surface area (Å²) in [6, 6.07) is 8.61. The van der Waals surface area contributed by atoms with Crippen LogP contribution in [-0.4, -0.2) is 67.2 Å². The molecule has 0 radical (unpaired) electrons. The van der Waals surface area contributed by atoms with E-state index >= 15 is 0 Å². The van der Waals surface area contributed by atoms with Crippen LogP contribution in [0.2, 0.25) is 0 Å². The number of likely N-dealkylation sites (N-methyl/N-ethyl adjacent to an activating group) is 1. The predicted octanol–water partition coefficient (Wildman–Crippen LogP) is 1.39. The molecule has 0 bridgehead atoms. The maximum Gasteiger partial charge on any atom is 0.453 e. The van der Waals surface area contributed by atoms with E-state index in [0.29, 0.717) is 6.42 Å². The molecule has 1 heterocycles. The standard InChI is InChI=1S/C18H24N2O6/c1-13-16(17(22)19(2)3)20(11-12-24-13)18(23)26-25-15(21)10-9-14-7-5-4-6-8-14/h4-8,13,16H,9-12H2,1-3H3/t13-,16-/m1/s1. The van der Waals surface area contributed by atoms with Gasteiger partial charge in [0.2, 0.25) is 5.91 Å². The first-order chi connectivity index (χ1) is 12.4. The van der Waals surface area contributed by atoms with Crippen LogP contribution in [0, 0.1) is 0 Å². The van der Waals surface area contributed by atoms with Gasteiger partial charge in [0, 0.05) is 20.6 Å². The van der Waals surface area contributed by atoms with Gasteiger partial charge in [0.05, 0.1) is 19.1 Å². The molecule has 1 saturated heterocycles. The van der Waals surface area contributed by atoms with Crippen molar-refractivity contribution in [3.05, 3.63) is 35.9 Å². The fourth-order valence-electron chi connectivity index (χ4n) is 2.69. The molecule has 26 heavy (non-hydrogen) atoms. The summed E-state index contributed by atoms with van der Waals surface area (Å²) in [7, 11) is 3.19. The van der Waals surface area contributed by atoms with Gasteiger partial charge in [0.1, 0.15) is 6.04 Å². The van der Waals surface area contributed by atoms with Crippen LogP contribution in [0.3, 0.4) is 0 Å². The smallest absolute Gasteiger partial charge is 0.374 e. The summed E-state index contributed by atoms with van der Waals surface area (Å²) < 4.78 is 5.45. The minimum absolute atomic E-state index is 0.0802. The van der Waals surface area contributed by atoms with E-state index in [1.807, 2.05) is 30.3 Å². The number of aryl methyl sites for hydroxylation is 1. The number of ether oxygens (including phenoxy) is 1. The van der Waals surface area contributed by atoms with E-state index in [2.05, 4.69) is 9.78 Å². The number of benzene rings is 1. The average molecular weight is 364 g/mol. The van der Waals surface area contributed by atoms with Crippen molar-refractivity contribution in [3.63, 3.8) is 0 Å². The summed E-state index contributed by atoms with van der Waals surface area (Å²) in [6.07, 6.45) is -0.807. The summed E-state index contributed by atoms with van der Waals surface area (Å²) in [6.45, 7) is 2.15. The third-order valence-electron chi connectivity index (χ3n) is 4.09. The molecule has 142 valence electrons. The van der Waals surface area contributed by atoms with E-state index < -0.39 is 24.2 Å². The third kappa shape index (κ3) is 5.19. The van der Waals surface area contributed by atoms with Gasteiger partial charge in [-0.15, -0.1) is 0 Å². The molecule has 8 nitrogen and oxygen atoms in total. The summed E-state index contributed by atoms with van der Waals surface area (Å²) in [4.78, 5) is 48.2. The van der Waals surface area contributed by atoms with Gasteiger partial charge in [-0.3, -0.25) is 9.69 Å². The number of amides is 2. The van der Waals surface area contributed by atoms with Crippen LogP contribution in [0.1, 0.15) is 18.9 Å². The maximum atomic E-state index is 12.3. The van der Waals surface area contributed by atoms with E-state index in [9.17, 15) is 14.4 Å². The highest BCUT2D eigenvalue weighted by Crippen LogP contribution is 2.17. The number of hydrogen-bond acceptors (Lipinski definition) is 6. The van der Waals surface area contributed by atoms with Gasteiger partial charge < -0.3 is 9.64 Å². The lowest BCUT2D eigenvalue weighted by molar-refractivity contribution is -0.240. The molecule has 1 fully saturated rings. The minimum Gasteiger partial charge on any atom is -0.374 e. The minimum atomic E-state index is -0.881. The summed E-state index contributed by atoms with van der Waals surface area (Å²) in [5.41, 5.74) is 0.981. The van der Waals surface area contributed by atoms with Crippen molar-refractivity contribution >= 4 is 18.0 Å². The number of morpholine rings is 1. The molecule has 2 amide bonds. The van der Waals surface area contributed by atoms with E-state index in [0.717, 1.165) is 5.56 Å². The third-order valence-corrected chi connectivity index (χ3v) is 4.09. The van der Waals surface area contributed by atoms with Crippen LogP contribution in [0.15, 0.2) is 30.3 Å². The zero-order valence-corrected chi connectivity index (χ0v) is 15.2. The van der Waals surface area contributed by atoms with Crippen molar-refractivity contribution in [1.82, 2.24) is 9.80 Å². The first kappa shape index (κ1) is 19.7. The Balaban J connectivity index is 1.86. The van der Waals surface area contributed by atoms with Crippen molar-refractivity contribution < 1.29 is 28.9 Å². The zero-order chi connectivity index (χ0) is 19.1. The van der Waals surface area contributed by atoms with Gasteiger partial charge in [-0.25, -0.2) is 19.4 Å². The Morgan fingerprint density at radius 1 is 1.19 bits per heavy atom. The molecule has 2 atom stereocenters. The Morgan fingerprint density at radius 2 is 1.88 bits per heavy atom. The molecule has 0 N–H and O–H groups in total. The monoisotopic (exact) mass is 364 g/mol. The first-order valence-corrected chi connectivity index (χ1v) is 8.44. The molecule has 1 aromatic rings. The number of hydrogen-bond donors (Lipinski definition) is 0. The van der Waals surface area contributed by atoms with Gasteiger partial charge >= 0.3 is 12.1 Å². The summed E-state index contributed by atoms with van der Waals surface area (Å²) in [5.74, 6) is -0.941. The summed E-state index contributed by atoms with van der Waals surface area (Å²) >= 11 is 0. The predicted molar refractivity (Wildman–Crippen MR) is 91.9 cm³/mol. The van der Waals surface area contributed by atoms with Gasteiger partial charge in [0.25, 0.3) is 0 Å². The van der Waals surface area contributed by atoms with Gasteiger partial charge in [-0.05, 0) is 18.9 Å². The van der Waals surface area contributed by atoms with Crippen LogP contribution in [0.25, 0.3) is 0 Å². The lowest BCUT2D eigenvalue weighted by Gasteiger charge is -2.38. The highest BCUT2D eigenvalue weighted by Gasteiger charge is 2.40. The largest absolute Gasteiger partial charge is 0.453 e. The fraction of sp³-hybridized carbons (Fsp3) is 0.500. The van der Waals surface area contributed by atoms with E-state index in [-0.39, 0.29) is 25.5 Å². The number of nitrogens with zero attached hydrogens (tertiary/aromatic N) is 2. The number of carbonyl (C=O) groups excluding carboxylic acids is 3. The first-order valence-electron chi connectivity index (χ1n) is 8.44. The normalized spacial score (nSPS) is 19.6. The van der Waals surface area contributed by atoms with Crippen LogP contribution < -0.4 is 0 Å². The second-order valence-corrected chi connectivity index (χ2v) is 6.24. The lowest BCUT2D eigenvalue weighted by Crippen LogP contribution is -2.59. The Hall–Kier alpha value is -2.61. The second-order valence-electron chi connectivity index (χ2n) is 6.24. The maximum absolute atomic E-state index is 12.3. The van der Waals surface area contributed by atoms with Crippen molar-refractivity contribution in [2.75, 3.05) is 27.2 Å². The topological polar surface area (TPSA) is 85.4 Å². The lowest BCUT2D eigenvalue weighted by atomic mass is 10.1. The van der Waals surface area contributed by atoms with E-state index in [1.165, 1.54) is 9.80 Å². The van der Waals surface area contributed by atoms with Crippen molar-refractivity contribution in [2.45, 2.75) is 31.9 Å². The molecule has 0 aromatic heterocycles. The quantitative estimate of drug-likeness (QED) is 0.593. The van der Waals surface area contributed by atoms with Crippen LogP contribution >= 0.6 is 0 Å². The van der Waals surface area contributed by atoms with Crippen molar-refractivity contribution in [1.29, 1.82) is 0 Å². The van der Waals surface area contributed by atoms with E-state index in [1.54, 1.807) is 21.0 Å². The molecule has 1 aliphatic heterocycles. The number of rotatable bonds is 4. The molecule has 8 heteroatoms. The molecule has 0 aliphatic carbocycles. The molecule has 0 unspecified atom stereocenters. The Bertz CT molecular complexity index is 634. The van der Waals surface area contributed by atoms with Crippen molar-refractivity contribution in [2.24, 2.45) is 0 Å². The molecule has 1 aliphatic rings. The van der Waals surface area contributed by atoms with Crippen LogP contribution in [0.4, 0.5) is 4.79 Å². The van der Waals surface area contributed by atoms with Crippen LogP contribution in [-0.2, 0) is 30.5 Å². The van der Waals surface area contributed by atoms with E-state index in [4.69, 9.17) is 4.74 Å². The SMILES string of the molecule is C[C@H]1OCCN(C(=O)OOC(=O)CCc2ccccc2)[C@H]1C(=O)N(C)C. The fourth-order valence-corrected chi connectivity index (χ4v) is 2.69. The summed E-state index contributed by atoms with van der Waals surface area (Å²) in [5, 5.41) is 0. The molecule has 2 rings (SSSR count). The van der Waals surface area contributed by atoms with Gasteiger partial charge in [-0.1, -0.05) is 30.3 Å². The Morgan fingerprint density at radius 3 is 2.54 bits per heavy atom. The Labute approximate surface area is 152 Å². The second kappa shape index (κ2) is 9.19. The highest BCUT2D eigenvalue weighted by atomic mass is 17.2. The zero-order valence-electron chi connectivity index (χ0n) is 15.2. The highest BCUT2D eigenvalue weighted by molar-refractivity contribution is 5.86. The van der Waals surface area contributed by atoms with Crippen LogP contribution in [0.5, 0.6) is 0 Å². The Kier molecular flexibility index (Phi) is 6.97. The average Bonchev–Trinajstić information content (AvgIpc) is 2.64. The molecular weight excluding hydrogens is 340 g/mol.